The number of esters is 1. The van der Waals surface area contributed by atoms with Crippen molar-refractivity contribution in [3.8, 4) is 0 Å². The number of anilines is 1. The van der Waals surface area contributed by atoms with Crippen LogP contribution in [0.1, 0.15) is 55.5 Å². The topological polar surface area (TPSA) is 59.1 Å². The lowest BCUT2D eigenvalue weighted by molar-refractivity contribution is 0.0498. The molecule has 1 saturated heterocycles. The zero-order valence-electron chi connectivity index (χ0n) is 16.8. The van der Waals surface area contributed by atoms with Gasteiger partial charge in [0.2, 0.25) is 0 Å². The van der Waals surface area contributed by atoms with Crippen molar-refractivity contribution in [2.75, 3.05) is 44.3 Å². The first-order chi connectivity index (χ1) is 13.1. The Bertz CT molecular complexity index is 625. The Morgan fingerprint density at radius 2 is 1.59 bits per heavy atom. The minimum Gasteiger partial charge on any atom is -0.462 e. The van der Waals surface area contributed by atoms with Gasteiger partial charge in [0, 0.05) is 31.9 Å². The molecule has 150 valence electrons. The number of rotatable bonds is 8. The van der Waals surface area contributed by atoms with Gasteiger partial charge in [0.05, 0.1) is 18.8 Å². The summed E-state index contributed by atoms with van der Waals surface area (Å²) in [6, 6.07) is 5.81. The summed E-state index contributed by atoms with van der Waals surface area (Å²) in [5.74, 6) is -0.257. The molecule has 1 aromatic rings. The Morgan fingerprint density at radius 3 is 2.19 bits per heavy atom. The number of hydrogen-bond acceptors (Lipinski definition) is 5. The van der Waals surface area contributed by atoms with E-state index in [-0.39, 0.29) is 12.1 Å². The number of benzene rings is 1. The Hall–Kier alpha value is -2.24. The highest BCUT2D eigenvalue weighted by atomic mass is 16.6. The first-order valence-electron chi connectivity index (χ1n) is 10.0. The maximum absolute atomic E-state index is 12.2. The van der Waals surface area contributed by atoms with Gasteiger partial charge in [0.25, 0.3) is 0 Å². The van der Waals surface area contributed by atoms with E-state index in [1.165, 1.54) is 0 Å². The summed E-state index contributed by atoms with van der Waals surface area (Å²) < 4.78 is 10.6. The van der Waals surface area contributed by atoms with Gasteiger partial charge >= 0.3 is 12.1 Å². The number of amides is 1. The molecule has 0 spiro atoms. The molecule has 1 aliphatic heterocycles. The molecule has 1 amide bonds. The monoisotopic (exact) mass is 376 g/mol. The Kier molecular flexibility index (Phi) is 8.43. The molecule has 0 N–H and O–H groups in total. The SMILES string of the molecule is CCCCOC(=O)c1ccc(N2CCN(C(=O)OCCCC)CC2)cc1C. The van der Waals surface area contributed by atoms with Crippen molar-refractivity contribution in [1.29, 1.82) is 0 Å². The molecule has 6 heteroatoms. The Labute approximate surface area is 162 Å². The highest BCUT2D eigenvalue weighted by Crippen LogP contribution is 2.21. The number of aryl methyl sites for hydroxylation is 1. The van der Waals surface area contributed by atoms with E-state index >= 15 is 0 Å². The Balaban J connectivity index is 1.88. The molecule has 0 aliphatic carbocycles. The number of piperazine rings is 1. The standard InChI is InChI=1S/C21H32N2O4/c1-4-6-14-26-20(24)19-9-8-18(16-17(19)3)22-10-12-23(13-11-22)21(25)27-15-7-5-2/h8-9,16H,4-7,10-15H2,1-3H3. The fraction of sp³-hybridized carbons (Fsp3) is 0.619. The molecule has 1 aromatic carbocycles. The smallest absolute Gasteiger partial charge is 0.409 e. The maximum atomic E-state index is 12.2. The van der Waals surface area contributed by atoms with Crippen molar-refractivity contribution in [3.05, 3.63) is 29.3 Å². The predicted octanol–water partition coefficient (Wildman–Crippen LogP) is 4.01. The molecular weight excluding hydrogens is 344 g/mol. The van der Waals surface area contributed by atoms with E-state index in [2.05, 4.69) is 18.7 Å². The minimum atomic E-state index is -0.257. The zero-order chi connectivity index (χ0) is 19.6. The fourth-order valence-corrected chi connectivity index (χ4v) is 3.00. The van der Waals surface area contributed by atoms with Crippen LogP contribution < -0.4 is 4.90 Å². The third-order valence-corrected chi connectivity index (χ3v) is 4.79. The number of hydrogen-bond donors (Lipinski definition) is 0. The molecule has 1 aliphatic rings. The van der Waals surface area contributed by atoms with Crippen LogP contribution >= 0.6 is 0 Å². The Morgan fingerprint density at radius 1 is 0.963 bits per heavy atom. The van der Waals surface area contributed by atoms with Crippen LogP contribution in [-0.4, -0.2) is 56.4 Å². The number of carbonyl (C=O) groups excluding carboxylic acids is 2. The molecule has 0 aromatic heterocycles. The summed E-state index contributed by atoms with van der Waals surface area (Å²) in [5, 5.41) is 0. The van der Waals surface area contributed by atoms with Crippen molar-refractivity contribution in [2.24, 2.45) is 0 Å². The van der Waals surface area contributed by atoms with Crippen LogP contribution in [0.25, 0.3) is 0 Å². The lowest BCUT2D eigenvalue weighted by Gasteiger charge is -2.35. The molecule has 0 atom stereocenters. The molecular formula is C21H32N2O4. The van der Waals surface area contributed by atoms with Crippen molar-refractivity contribution >= 4 is 17.7 Å². The van der Waals surface area contributed by atoms with Gasteiger partial charge < -0.3 is 19.3 Å². The number of nitrogens with zero attached hydrogens (tertiary/aromatic N) is 2. The fourth-order valence-electron chi connectivity index (χ4n) is 3.00. The quantitative estimate of drug-likeness (QED) is 0.507. The van der Waals surface area contributed by atoms with Gasteiger partial charge in [-0.05, 0) is 43.5 Å². The second-order valence-electron chi connectivity index (χ2n) is 6.93. The van der Waals surface area contributed by atoms with E-state index in [4.69, 9.17) is 9.47 Å². The van der Waals surface area contributed by atoms with Gasteiger partial charge in [-0.3, -0.25) is 0 Å². The van der Waals surface area contributed by atoms with E-state index in [1.807, 2.05) is 25.1 Å². The van der Waals surface area contributed by atoms with E-state index in [0.29, 0.717) is 31.9 Å². The van der Waals surface area contributed by atoms with E-state index in [9.17, 15) is 9.59 Å². The second kappa shape index (κ2) is 10.8. The zero-order valence-corrected chi connectivity index (χ0v) is 16.8. The molecule has 2 rings (SSSR count). The van der Waals surface area contributed by atoms with E-state index in [1.54, 1.807) is 4.90 Å². The third-order valence-electron chi connectivity index (χ3n) is 4.79. The van der Waals surface area contributed by atoms with Gasteiger partial charge in [0.1, 0.15) is 0 Å². The first-order valence-corrected chi connectivity index (χ1v) is 10.0. The average molecular weight is 376 g/mol. The van der Waals surface area contributed by atoms with Gasteiger partial charge in [0.15, 0.2) is 0 Å². The number of ether oxygens (including phenoxy) is 2. The normalized spacial score (nSPS) is 14.2. The van der Waals surface area contributed by atoms with Crippen molar-refractivity contribution < 1.29 is 19.1 Å². The molecule has 0 bridgehead atoms. The average Bonchev–Trinajstić information content (AvgIpc) is 2.68. The molecule has 0 saturated carbocycles. The van der Waals surface area contributed by atoms with Gasteiger partial charge in [-0.1, -0.05) is 26.7 Å². The van der Waals surface area contributed by atoms with Crippen LogP contribution in [0.3, 0.4) is 0 Å². The van der Waals surface area contributed by atoms with E-state index < -0.39 is 0 Å². The van der Waals surface area contributed by atoms with Crippen LogP contribution in [-0.2, 0) is 9.47 Å². The summed E-state index contributed by atoms with van der Waals surface area (Å²) in [6.07, 6.45) is 3.59. The number of unbranched alkanes of at least 4 members (excludes halogenated alkanes) is 2. The van der Waals surface area contributed by atoms with Crippen molar-refractivity contribution in [1.82, 2.24) is 4.90 Å². The van der Waals surface area contributed by atoms with Crippen LogP contribution in [0.2, 0.25) is 0 Å². The highest BCUT2D eigenvalue weighted by molar-refractivity contribution is 5.91. The summed E-state index contributed by atoms with van der Waals surface area (Å²) in [5.41, 5.74) is 2.60. The van der Waals surface area contributed by atoms with Crippen molar-refractivity contribution in [3.63, 3.8) is 0 Å². The highest BCUT2D eigenvalue weighted by Gasteiger charge is 2.23. The summed E-state index contributed by atoms with van der Waals surface area (Å²) in [4.78, 5) is 28.2. The summed E-state index contributed by atoms with van der Waals surface area (Å²) in [6.45, 7) is 9.82. The van der Waals surface area contributed by atoms with Crippen LogP contribution in [0, 0.1) is 6.92 Å². The van der Waals surface area contributed by atoms with Crippen LogP contribution in [0.15, 0.2) is 18.2 Å². The van der Waals surface area contributed by atoms with Gasteiger partial charge in [-0.2, -0.15) is 0 Å². The van der Waals surface area contributed by atoms with Gasteiger partial charge in [-0.25, -0.2) is 9.59 Å². The predicted molar refractivity (Wildman–Crippen MR) is 106 cm³/mol. The second-order valence-corrected chi connectivity index (χ2v) is 6.93. The van der Waals surface area contributed by atoms with Crippen LogP contribution in [0.5, 0.6) is 0 Å². The number of carbonyl (C=O) groups is 2. The van der Waals surface area contributed by atoms with Crippen molar-refractivity contribution in [2.45, 2.75) is 46.5 Å². The molecule has 0 radical (unpaired) electrons. The molecule has 6 nitrogen and oxygen atoms in total. The molecule has 1 fully saturated rings. The van der Waals surface area contributed by atoms with E-state index in [0.717, 1.165) is 50.0 Å². The summed E-state index contributed by atoms with van der Waals surface area (Å²) in [7, 11) is 0. The largest absolute Gasteiger partial charge is 0.462 e. The summed E-state index contributed by atoms with van der Waals surface area (Å²) >= 11 is 0. The lowest BCUT2D eigenvalue weighted by atomic mass is 10.1. The molecule has 1 heterocycles. The van der Waals surface area contributed by atoms with Crippen LogP contribution in [0.4, 0.5) is 10.5 Å². The molecule has 27 heavy (non-hydrogen) atoms. The van der Waals surface area contributed by atoms with Gasteiger partial charge in [-0.15, -0.1) is 0 Å². The molecule has 0 unspecified atom stereocenters. The third kappa shape index (κ3) is 6.15. The minimum absolute atomic E-state index is 0.218. The maximum Gasteiger partial charge on any atom is 0.409 e. The first kappa shape index (κ1) is 21.1. The lowest BCUT2D eigenvalue weighted by Crippen LogP contribution is -2.49.